The molecule has 0 radical (unpaired) electrons. The van der Waals surface area contributed by atoms with Gasteiger partial charge in [0.1, 0.15) is 5.75 Å². The lowest BCUT2D eigenvalue weighted by Gasteiger charge is -2.37. The molecule has 2 atom stereocenters. The Morgan fingerprint density at radius 3 is 2.78 bits per heavy atom. The van der Waals surface area contributed by atoms with Crippen molar-refractivity contribution in [3.63, 3.8) is 0 Å². The van der Waals surface area contributed by atoms with Gasteiger partial charge in [-0.2, -0.15) is 13.2 Å². The number of aryl methyl sites for hydroxylation is 1. The highest BCUT2D eigenvalue weighted by Gasteiger charge is 2.30. The molecular formula is C29H31F3N2O2. The number of hydrogen-bond acceptors (Lipinski definition) is 4. The lowest BCUT2D eigenvalue weighted by Crippen LogP contribution is -2.42. The molecule has 7 heteroatoms. The second-order valence-corrected chi connectivity index (χ2v) is 9.35. The Morgan fingerprint density at radius 1 is 1.14 bits per heavy atom. The summed E-state index contributed by atoms with van der Waals surface area (Å²) in [4.78, 5) is 6.63. The van der Waals surface area contributed by atoms with Gasteiger partial charge in [-0.25, -0.2) is 0 Å². The van der Waals surface area contributed by atoms with Crippen LogP contribution in [0.5, 0.6) is 5.75 Å². The first kappa shape index (κ1) is 26.0. The van der Waals surface area contributed by atoms with E-state index in [0.29, 0.717) is 18.0 Å². The molecule has 190 valence electrons. The van der Waals surface area contributed by atoms with Crippen molar-refractivity contribution >= 4 is 10.9 Å². The Labute approximate surface area is 210 Å². The van der Waals surface area contributed by atoms with Gasteiger partial charge >= 0.3 is 6.18 Å². The average Bonchev–Trinajstić information content (AvgIpc) is 2.88. The quantitative estimate of drug-likeness (QED) is 0.435. The van der Waals surface area contributed by atoms with Crippen molar-refractivity contribution in [1.29, 1.82) is 0 Å². The number of hydrogen-bond donors (Lipinski definition) is 1. The summed E-state index contributed by atoms with van der Waals surface area (Å²) in [5, 5.41) is 11.1. The monoisotopic (exact) mass is 496 g/mol. The Bertz CT molecular complexity index is 1230. The lowest BCUT2D eigenvalue weighted by molar-refractivity contribution is -0.137. The third kappa shape index (κ3) is 6.57. The highest BCUT2D eigenvalue weighted by atomic mass is 19.4. The van der Waals surface area contributed by atoms with Crippen molar-refractivity contribution in [2.24, 2.45) is 11.8 Å². The maximum Gasteiger partial charge on any atom is 0.416 e. The van der Waals surface area contributed by atoms with Gasteiger partial charge < -0.3 is 9.84 Å². The van der Waals surface area contributed by atoms with E-state index in [1.807, 2.05) is 24.4 Å². The maximum atomic E-state index is 12.9. The summed E-state index contributed by atoms with van der Waals surface area (Å²) >= 11 is 0. The fourth-order valence-corrected chi connectivity index (χ4v) is 5.00. The van der Waals surface area contributed by atoms with Crippen LogP contribution in [0.4, 0.5) is 13.2 Å². The van der Waals surface area contributed by atoms with Gasteiger partial charge in [0.25, 0.3) is 0 Å². The second-order valence-electron chi connectivity index (χ2n) is 9.35. The topological polar surface area (TPSA) is 45.6 Å². The molecule has 2 heterocycles. The van der Waals surface area contributed by atoms with Gasteiger partial charge in [-0.05, 0) is 92.1 Å². The Balaban J connectivity index is 1.30. The van der Waals surface area contributed by atoms with Crippen LogP contribution >= 0.6 is 0 Å². The highest BCUT2D eigenvalue weighted by molar-refractivity contribution is 5.83. The summed E-state index contributed by atoms with van der Waals surface area (Å²) in [6, 6.07) is 13.1. The molecule has 1 aliphatic heterocycles. The van der Waals surface area contributed by atoms with Gasteiger partial charge in [-0.15, -0.1) is 0 Å². The minimum atomic E-state index is -4.37. The molecule has 1 saturated heterocycles. The van der Waals surface area contributed by atoms with Crippen LogP contribution < -0.4 is 4.74 Å². The van der Waals surface area contributed by atoms with Gasteiger partial charge in [0, 0.05) is 30.3 Å². The largest absolute Gasteiger partial charge is 0.497 e. The smallest absolute Gasteiger partial charge is 0.416 e. The molecule has 1 fully saturated rings. The fourth-order valence-electron chi connectivity index (χ4n) is 5.00. The van der Waals surface area contributed by atoms with Crippen LogP contribution in [0.1, 0.15) is 36.0 Å². The average molecular weight is 497 g/mol. The van der Waals surface area contributed by atoms with E-state index in [9.17, 15) is 18.3 Å². The molecule has 0 amide bonds. The van der Waals surface area contributed by atoms with E-state index in [1.165, 1.54) is 11.6 Å². The van der Waals surface area contributed by atoms with Gasteiger partial charge in [0.05, 0.1) is 24.7 Å². The predicted octanol–water partition coefficient (Wildman–Crippen LogP) is 5.57. The van der Waals surface area contributed by atoms with Crippen molar-refractivity contribution in [1.82, 2.24) is 9.88 Å². The number of nitrogens with zero attached hydrogens (tertiary/aromatic N) is 2. The van der Waals surface area contributed by atoms with E-state index in [-0.39, 0.29) is 12.5 Å². The van der Waals surface area contributed by atoms with Gasteiger partial charge in [0.2, 0.25) is 0 Å². The predicted molar refractivity (Wildman–Crippen MR) is 135 cm³/mol. The minimum Gasteiger partial charge on any atom is -0.497 e. The molecule has 2 aromatic carbocycles. The number of rotatable bonds is 7. The Hall–Kier alpha value is -3.08. The second kappa shape index (κ2) is 11.8. The van der Waals surface area contributed by atoms with E-state index >= 15 is 0 Å². The third-order valence-electron chi connectivity index (χ3n) is 7.00. The zero-order valence-corrected chi connectivity index (χ0v) is 20.4. The van der Waals surface area contributed by atoms with E-state index in [1.54, 1.807) is 13.2 Å². The SMILES string of the molecule is COc1ccc2nccc(CCC[C@@H]3CCN(CC#Cc4cccc(C(F)(F)F)c4)C[C@@H]3CO)c2c1. The summed E-state index contributed by atoms with van der Waals surface area (Å²) in [7, 11) is 1.66. The standard InChI is InChI=1S/C29H31F3N2O2/c1-36-26-10-11-28-27(18-26)23(12-14-33-28)8-3-7-22-13-16-34(19-24(22)20-35)15-4-6-21-5-2-9-25(17-21)29(30,31)32/h2,5,9-12,14,17-18,22,24,35H,3,7-8,13,15-16,19-20H2,1H3/t22-,24-/m1/s1. The van der Waals surface area contributed by atoms with Crippen LogP contribution in [0.25, 0.3) is 10.9 Å². The van der Waals surface area contributed by atoms with Crippen molar-refractivity contribution in [3.05, 3.63) is 71.4 Å². The van der Waals surface area contributed by atoms with E-state index in [0.717, 1.165) is 67.6 Å². The number of methoxy groups -OCH3 is 1. The number of fused-ring (bicyclic) bond motifs is 1. The van der Waals surface area contributed by atoms with Crippen molar-refractivity contribution < 1.29 is 23.0 Å². The zero-order valence-electron chi connectivity index (χ0n) is 20.4. The molecule has 1 aliphatic rings. The van der Waals surface area contributed by atoms with Gasteiger partial charge in [-0.1, -0.05) is 17.9 Å². The summed E-state index contributed by atoms with van der Waals surface area (Å²) in [5.41, 5.74) is 1.89. The van der Waals surface area contributed by atoms with Gasteiger partial charge in [-0.3, -0.25) is 9.88 Å². The molecular weight excluding hydrogens is 465 g/mol. The molecule has 4 nitrogen and oxygen atoms in total. The minimum absolute atomic E-state index is 0.123. The molecule has 0 saturated carbocycles. The first-order chi connectivity index (χ1) is 17.4. The highest BCUT2D eigenvalue weighted by Crippen LogP contribution is 2.30. The number of likely N-dealkylation sites (tertiary alicyclic amines) is 1. The number of pyridine rings is 1. The third-order valence-corrected chi connectivity index (χ3v) is 7.00. The van der Waals surface area contributed by atoms with Crippen LogP contribution in [-0.4, -0.2) is 48.3 Å². The Morgan fingerprint density at radius 2 is 2.00 bits per heavy atom. The molecule has 0 unspecified atom stereocenters. The molecule has 36 heavy (non-hydrogen) atoms. The first-order valence-electron chi connectivity index (χ1n) is 12.3. The number of aliphatic hydroxyl groups excluding tert-OH is 1. The summed E-state index contributed by atoms with van der Waals surface area (Å²) in [6.07, 6.45) is 1.44. The zero-order chi connectivity index (χ0) is 25.5. The number of benzene rings is 2. The van der Waals surface area contributed by atoms with Crippen LogP contribution in [0, 0.1) is 23.7 Å². The van der Waals surface area contributed by atoms with Crippen molar-refractivity contribution in [2.75, 3.05) is 33.4 Å². The normalized spacial score (nSPS) is 18.6. The summed E-state index contributed by atoms with van der Waals surface area (Å²) < 4.78 is 44.1. The summed E-state index contributed by atoms with van der Waals surface area (Å²) in [5.74, 6) is 7.29. The number of ether oxygens (including phenoxy) is 1. The van der Waals surface area contributed by atoms with E-state index in [2.05, 4.69) is 27.8 Å². The molecule has 0 aliphatic carbocycles. The number of aliphatic hydroxyl groups is 1. The van der Waals surface area contributed by atoms with E-state index in [4.69, 9.17) is 4.74 Å². The van der Waals surface area contributed by atoms with Gasteiger partial charge in [0.15, 0.2) is 0 Å². The molecule has 0 bridgehead atoms. The Kier molecular flexibility index (Phi) is 8.50. The van der Waals surface area contributed by atoms with Crippen molar-refractivity contribution in [3.8, 4) is 17.6 Å². The molecule has 0 spiro atoms. The van der Waals surface area contributed by atoms with Crippen LogP contribution in [0.15, 0.2) is 54.7 Å². The molecule has 4 rings (SSSR count). The maximum absolute atomic E-state index is 12.9. The first-order valence-corrected chi connectivity index (χ1v) is 12.3. The number of aromatic nitrogens is 1. The van der Waals surface area contributed by atoms with Crippen LogP contribution in [0.2, 0.25) is 0 Å². The van der Waals surface area contributed by atoms with Crippen LogP contribution in [-0.2, 0) is 12.6 Å². The fraction of sp³-hybridized carbons (Fsp3) is 0.414. The molecule has 1 aromatic heterocycles. The van der Waals surface area contributed by atoms with Crippen molar-refractivity contribution in [2.45, 2.75) is 31.9 Å². The number of halogens is 3. The summed E-state index contributed by atoms with van der Waals surface area (Å²) in [6.45, 7) is 2.21. The van der Waals surface area contributed by atoms with Crippen LogP contribution in [0.3, 0.4) is 0 Å². The molecule has 1 N–H and O–H groups in total. The molecule has 3 aromatic rings. The van der Waals surface area contributed by atoms with E-state index < -0.39 is 11.7 Å². The lowest BCUT2D eigenvalue weighted by atomic mass is 9.82. The number of alkyl halides is 3. The number of piperidine rings is 1.